The second-order valence-electron chi connectivity index (χ2n) is 6.83. The van der Waals surface area contributed by atoms with Crippen LogP contribution < -0.4 is 5.32 Å². The third kappa shape index (κ3) is 4.45. The smallest absolute Gasteiger partial charge is 0.341 e. The molecular weight excluding hydrogens is 440 g/mol. The summed E-state index contributed by atoms with van der Waals surface area (Å²) < 4.78 is 5.26. The fourth-order valence-electron chi connectivity index (χ4n) is 3.32. The first-order valence-corrected chi connectivity index (χ1v) is 12.4. The number of nitrogens with one attached hydrogen (secondary N) is 2. The maximum absolute atomic E-state index is 12.9. The molecule has 4 rings (SSSR count). The number of aromatic amines is 1. The Morgan fingerprint density at radius 1 is 1.37 bits per heavy atom. The van der Waals surface area contributed by atoms with E-state index in [1.54, 1.807) is 25.2 Å². The normalized spacial score (nSPS) is 14.2. The molecule has 0 saturated heterocycles. The molecule has 1 aliphatic rings. The first-order valence-electron chi connectivity index (χ1n) is 9.82. The van der Waals surface area contributed by atoms with Crippen molar-refractivity contribution in [1.29, 1.82) is 0 Å². The molecule has 2 N–H and O–H groups in total. The number of thiophene rings is 2. The number of thioether (sulfide) groups is 1. The van der Waals surface area contributed by atoms with E-state index in [-0.39, 0.29) is 11.9 Å². The minimum atomic E-state index is -0.425. The highest BCUT2D eigenvalue weighted by Crippen LogP contribution is 2.39. The van der Waals surface area contributed by atoms with Crippen LogP contribution in [0.5, 0.6) is 0 Å². The van der Waals surface area contributed by atoms with Crippen molar-refractivity contribution in [2.75, 3.05) is 11.9 Å². The summed E-state index contributed by atoms with van der Waals surface area (Å²) in [4.78, 5) is 32.0. The van der Waals surface area contributed by atoms with Gasteiger partial charge in [0.25, 0.3) is 0 Å². The number of ether oxygens (including phenoxy) is 1. The number of aromatic nitrogens is 3. The van der Waals surface area contributed by atoms with Crippen LogP contribution >= 0.6 is 34.4 Å². The van der Waals surface area contributed by atoms with E-state index < -0.39 is 5.25 Å². The maximum Gasteiger partial charge on any atom is 0.341 e. The van der Waals surface area contributed by atoms with Gasteiger partial charge in [0.1, 0.15) is 5.00 Å². The molecule has 30 heavy (non-hydrogen) atoms. The van der Waals surface area contributed by atoms with E-state index in [9.17, 15) is 9.59 Å². The molecule has 0 aromatic carbocycles. The monoisotopic (exact) mass is 462 g/mol. The molecule has 0 fully saturated rings. The Morgan fingerprint density at radius 3 is 2.97 bits per heavy atom. The van der Waals surface area contributed by atoms with Gasteiger partial charge in [0.15, 0.2) is 5.82 Å². The highest BCUT2D eigenvalue weighted by Gasteiger charge is 2.28. The Balaban J connectivity index is 1.48. The standard InChI is InChI=1S/C20H22N4O3S3/c1-3-27-19(26)15-12-7-4-5-8-13(12)30-18(15)22-17(25)11(2)29-20-21-16(23-24-20)14-9-6-10-28-14/h6,9-11H,3-5,7-8H2,1-2H3,(H,22,25)(H,21,23,24). The lowest BCUT2D eigenvalue weighted by atomic mass is 9.95. The Hall–Kier alpha value is -2.17. The van der Waals surface area contributed by atoms with Crippen LogP contribution in [0.15, 0.2) is 22.7 Å². The van der Waals surface area contributed by atoms with Gasteiger partial charge in [0.2, 0.25) is 11.1 Å². The Labute approximate surface area is 186 Å². The predicted molar refractivity (Wildman–Crippen MR) is 121 cm³/mol. The molecule has 3 aromatic rings. The molecule has 0 spiro atoms. The maximum atomic E-state index is 12.9. The average Bonchev–Trinajstić information content (AvgIpc) is 3.47. The van der Waals surface area contributed by atoms with E-state index in [2.05, 4.69) is 20.5 Å². The summed E-state index contributed by atoms with van der Waals surface area (Å²) in [5.74, 6) is 0.143. The molecule has 10 heteroatoms. The summed E-state index contributed by atoms with van der Waals surface area (Å²) in [7, 11) is 0. The number of esters is 1. The van der Waals surface area contributed by atoms with Gasteiger partial charge < -0.3 is 10.1 Å². The van der Waals surface area contributed by atoms with Crippen molar-refractivity contribution in [2.24, 2.45) is 0 Å². The fraction of sp³-hybridized carbons (Fsp3) is 0.400. The Bertz CT molecular complexity index is 1040. The van der Waals surface area contributed by atoms with Crippen molar-refractivity contribution in [1.82, 2.24) is 15.2 Å². The summed E-state index contributed by atoms with van der Waals surface area (Å²) in [6.07, 6.45) is 3.94. The van der Waals surface area contributed by atoms with Crippen LogP contribution in [0.3, 0.4) is 0 Å². The minimum Gasteiger partial charge on any atom is -0.462 e. The molecule has 3 aromatic heterocycles. The molecule has 0 bridgehead atoms. The number of hydrogen-bond donors (Lipinski definition) is 2. The third-order valence-electron chi connectivity index (χ3n) is 4.76. The zero-order valence-electron chi connectivity index (χ0n) is 16.7. The van der Waals surface area contributed by atoms with Crippen molar-refractivity contribution in [3.8, 4) is 10.7 Å². The van der Waals surface area contributed by atoms with Crippen LogP contribution in [-0.2, 0) is 22.4 Å². The van der Waals surface area contributed by atoms with E-state index in [0.717, 1.165) is 36.1 Å². The van der Waals surface area contributed by atoms with Gasteiger partial charge in [0.05, 0.1) is 22.3 Å². The zero-order valence-corrected chi connectivity index (χ0v) is 19.1. The highest BCUT2D eigenvalue weighted by molar-refractivity contribution is 8.00. The molecule has 1 aliphatic carbocycles. The van der Waals surface area contributed by atoms with Crippen molar-refractivity contribution >= 4 is 51.3 Å². The van der Waals surface area contributed by atoms with Crippen LogP contribution in [0.2, 0.25) is 0 Å². The number of amides is 1. The number of carbonyl (C=O) groups excluding carboxylic acids is 2. The topological polar surface area (TPSA) is 97.0 Å². The first-order chi connectivity index (χ1) is 14.6. The SMILES string of the molecule is CCOC(=O)c1c(NC(=O)C(C)Sc2n[nH]c(-c3cccs3)n2)sc2c1CCCC2. The van der Waals surface area contributed by atoms with Gasteiger partial charge in [0, 0.05) is 4.88 Å². The number of carbonyl (C=O) groups is 2. The minimum absolute atomic E-state index is 0.188. The van der Waals surface area contributed by atoms with E-state index in [4.69, 9.17) is 4.74 Å². The zero-order chi connectivity index (χ0) is 21.1. The molecule has 1 amide bonds. The quantitative estimate of drug-likeness (QED) is 0.388. The number of anilines is 1. The van der Waals surface area contributed by atoms with Gasteiger partial charge in [-0.25, -0.2) is 9.78 Å². The number of hydrogen-bond acceptors (Lipinski definition) is 8. The van der Waals surface area contributed by atoms with Gasteiger partial charge in [-0.2, -0.15) is 0 Å². The number of H-pyrrole nitrogens is 1. The highest BCUT2D eigenvalue weighted by atomic mass is 32.2. The molecular formula is C20H22N4O3S3. The van der Waals surface area contributed by atoms with Crippen molar-refractivity contribution in [3.05, 3.63) is 33.5 Å². The van der Waals surface area contributed by atoms with Crippen LogP contribution in [0.4, 0.5) is 5.00 Å². The van der Waals surface area contributed by atoms with Gasteiger partial charge in [-0.15, -0.1) is 27.8 Å². The average molecular weight is 463 g/mol. The number of rotatable bonds is 7. The first kappa shape index (κ1) is 21.1. The van der Waals surface area contributed by atoms with Crippen molar-refractivity contribution in [2.45, 2.75) is 49.9 Å². The number of aryl methyl sites for hydroxylation is 1. The van der Waals surface area contributed by atoms with Gasteiger partial charge in [-0.3, -0.25) is 9.89 Å². The summed E-state index contributed by atoms with van der Waals surface area (Å²) in [6.45, 7) is 3.90. The van der Waals surface area contributed by atoms with E-state index in [1.807, 2.05) is 17.5 Å². The van der Waals surface area contributed by atoms with Crippen LogP contribution in [0.1, 0.15) is 47.5 Å². The van der Waals surface area contributed by atoms with Crippen LogP contribution in [0, 0.1) is 0 Å². The van der Waals surface area contributed by atoms with Gasteiger partial charge in [-0.05, 0) is 56.5 Å². The summed E-state index contributed by atoms with van der Waals surface area (Å²) >= 11 is 4.34. The van der Waals surface area contributed by atoms with Crippen LogP contribution in [-0.4, -0.2) is 38.9 Å². The van der Waals surface area contributed by atoms with Gasteiger partial charge in [-0.1, -0.05) is 17.8 Å². The molecule has 3 heterocycles. The second kappa shape index (κ2) is 9.32. The molecule has 7 nitrogen and oxygen atoms in total. The molecule has 158 valence electrons. The van der Waals surface area contributed by atoms with Crippen molar-refractivity contribution < 1.29 is 14.3 Å². The lowest BCUT2D eigenvalue weighted by molar-refractivity contribution is -0.115. The lowest BCUT2D eigenvalue weighted by Crippen LogP contribution is -2.23. The largest absolute Gasteiger partial charge is 0.462 e. The van der Waals surface area contributed by atoms with Crippen LogP contribution in [0.25, 0.3) is 10.7 Å². The molecule has 0 saturated carbocycles. The fourth-order valence-corrected chi connectivity index (χ4v) is 5.99. The second-order valence-corrected chi connectivity index (χ2v) is 10.2. The molecule has 0 radical (unpaired) electrons. The van der Waals surface area contributed by atoms with Gasteiger partial charge >= 0.3 is 5.97 Å². The molecule has 1 unspecified atom stereocenters. The van der Waals surface area contributed by atoms with Crippen molar-refractivity contribution in [3.63, 3.8) is 0 Å². The van der Waals surface area contributed by atoms with E-state index in [0.29, 0.717) is 28.2 Å². The third-order valence-corrected chi connectivity index (χ3v) is 7.80. The Kier molecular flexibility index (Phi) is 6.55. The summed E-state index contributed by atoms with van der Waals surface area (Å²) in [5, 5.41) is 12.7. The van der Waals surface area contributed by atoms with E-state index >= 15 is 0 Å². The molecule has 1 atom stereocenters. The Morgan fingerprint density at radius 2 is 2.20 bits per heavy atom. The predicted octanol–water partition coefficient (Wildman–Crippen LogP) is 4.77. The lowest BCUT2D eigenvalue weighted by Gasteiger charge is -2.13. The summed E-state index contributed by atoms with van der Waals surface area (Å²) in [6, 6.07) is 3.92. The molecule has 0 aliphatic heterocycles. The number of nitrogens with zero attached hydrogens (tertiary/aromatic N) is 2. The summed E-state index contributed by atoms with van der Waals surface area (Å²) in [5.41, 5.74) is 1.56. The van der Waals surface area contributed by atoms with E-state index in [1.165, 1.54) is 28.0 Å². The number of fused-ring (bicyclic) bond motifs is 1.